The lowest BCUT2D eigenvalue weighted by molar-refractivity contribution is 0.0845. The van der Waals surface area contributed by atoms with Crippen LogP contribution >= 0.6 is 12.4 Å². The molecule has 0 amide bonds. The van der Waals surface area contributed by atoms with E-state index in [-0.39, 0.29) is 41.3 Å². The number of carbonyl (C=O) groups excluding carboxylic acids is 2. The number of nitrogens with zero attached hydrogens (tertiary/aromatic N) is 2. The van der Waals surface area contributed by atoms with Gasteiger partial charge in [-0.1, -0.05) is 48.8 Å². The average Bonchev–Trinajstić information content (AvgIpc) is 3.12. The van der Waals surface area contributed by atoms with Crippen LogP contribution < -0.4 is 0 Å². The van der Waals surface area contributed by atoms with Crippen molar-refractivity contribution < 1.29 is 14.1 Å². The van der Waals surface area contributed by atoms with Crippen molar-refractivity contribution in [3.63, 3.8) is 0 Å². The van der Waals surface area contributed by atoms with Crippen molar-refractivity contribution in [3.8, 4) is 0 Å². The molecule has 0 radical (unpaired) electrons. The molecule has 3 rings (SSSR count). The molecule has 1 unspecified atom stereocenters. The molecule has 1 aromatic carbocycles. The zero-order valence-electron chi connectivity index (χ0n) is 14.3. The standard InChI is InChI=1S/C19H22N2O3.ClH/c1-14(13-21-10-6-3-7-11-21)18(22)17-12-16(20-24-17)19(23)15-8-4-2-5-9-15;/h2,4-5,8-9,12,14H,3,6-7,10-11,13H2,1H3;1H. The van der Waals surface area contributed by atoms with Gasteiger partial charge in [0.15, 0.2) is 5.69 Å². The summed E-state index contributed by atoms with van der Waals surface area (Å²) in [4.78, 5) is 27.2. The number of aromatic nitrogens is 1. The minimum Gasteiger partial charge on any atom is -0.352 e. The van der Waals surface area contributed by atoms with E-state index in [0.29, 0.717) is 5.56 Å². The third-order valence-electron chi connectivity index (χ3n) is 4.45. The highest BCUT2D eigenvalue weighted by Gasteiger charge is 2.24. The smallest absolute Gasteiger partial charge is 0.214 e. The van der Waals surface area contributed by atoms with Crippen LogP contribution in [0, 0.1) is 5.92 Å². The van der Waals surface area contributed by atoms with Crippen LogP contribution in [0.15, 0.2) is 40.9 Å². The molecule has 0 saturated carbocycles. The van der Waals surface area contributed by atoms with Gasteiger partial charge < -0.3 is 9.42 Å². The quantitative estimate of drug-likeness (QED) is 0.734. The number of benzene rings is 1. The zero-order valence-corrected chi connectivity index (χ0v) is 15.1. The molecule has 1 aromatic heterocycles. The Kier molecular flexibility index (Phi) is 6.91. The lowest BCUT2D eigenvalue weighted by Gasteiger charge is -2.28. The number of hydrogen-bond acceptors (Lipinski definition) is 5. The summed E-state index contributed by atoms with van der Waals surface area (Å²) in [6.45, 7) is 4.72. The molecule has 25 heavy (non-hydrogen) atoms. The number of Topliss-reactive ketones (excluding diaryl/α,β-unsaturated/α-hetero) is 1. The Hall–Kier alpha value is -1.98. The number of hydrogen-bond donors (Lipinski definition) is 0. The fraction of sp³-hybridized carbons (Fsp3) is 0.421. The van der Waals surface area contributed by atoms with Crippen LogP contribution in [0.3, 0.4) is 0 Å². The van der Waals surface area contributed by atoms with Crippen LogP contribution in [-0.4, -0.2) is 41.3 Å². The Bertz CT molecular complexity index is 708. The van der Waals surface area contributed by atoms with E-state index in [4.69, 9.17) is 4.52 Å². The molecule has 2 heterocycles. The van der Waals surface area contributed by atoms with Crippen molar-refractivity contribution in [3.05, 3.63) is 53.4 Å². The molecule has 1 aliphatic rings. The lowest BCUT2D eigenvalue weighted by Crippen LogP contribution is -2.35. The first kappa shape index (κ1) is 19.3. The summed E-state index contributed by atoms with van der Waals surface area (Å²) < 4.78 is 5.14. The minimum absolute atomic E-state index is 0. The second kappa shape index (κ2) is 8.92. The van der Waals surface area contributed by atoms with Gasteiger partial charge in [0.05, 0.1) is 0 Å². The highest BCUT2D eigenvalue weighted by molar-refractivity contribution is 6.08. The Morgan fingerprint density at radius 3 is 2.52 bits per heavy atom. The number of carbonyl (C=O) groups is 2. The van der Waals surface area contributed by atoms with Crippen LogP contribution in [-0.2, 0) is 0 Å². The summed E-state index contributed by atoms with van der Waals surface area (Å²) in [7, 11) is 0. The minimum atomic E-state index is -0.234. The molecule has 5 nitrogen and oxygen atoms in total. The van der Waals surface area contributed by atoms with Crippen molar-refractivity contribution >= 4 is 24.0 Å². The summed E-state index contributed by atoms with van der Waals surface area (Å²) in [6, 6.07) is 10.3. The van der Waals surface area contributed by atoms with Gasteiger partial charge in [0.2, 0.25) is 17.3 Å². The second-order valence-corrected chi connectivity index (χ2v) is 6.40. The fourth-order valence-corrected chi connectivity index (χ4v) is 3.09. The van der Waals surface area contributed by atoms with Crippen LogP contribution in [0.2, 0.25) is 0 Å². The van der Waals surface area contributed by atoms with Crippen molar-refractivity contribution in [2.24, 2.45) is 5.92 Å². The Morgan fingerprint density at radius 1 is 1.16 bits per heavy atom. The lowest BCUT2D eigenvalue weighted by atomic mass is 10.0. The molecule has 0 N–H and O–H groups in total. The number of piperidine rings is 1. The molecule has 1 saturated heterocycles. The predicted octanol–water partition coefficient (Wildman–Crippen LogP) is 3.63. The molecule has 0 aliphatic carbocycles. The summed E-state index contributed by atoms with van der Waals surface area (Å²) in [6.07, 6.45) is 3.66. The topological polar surface area (TPSA) is 63.4 Å². The summed E-state index contributed by atoms with van der Waals surface area (Å²) in [5.74, 6) is -0.336. The second-order valence-electron chi connectivity index (χ2n) is 6.40. The highest BCUT2D eigenvalue weighted by atomic mass is 35.5. The largest absolute Gasteiger partial charge is 0.352 e. The van der Waals surface area contributed by atoms with Gasteiger partial charge >= 0.3 is 0 Å². The first-order valence-electron chi connectivity index (χ1n) is 8.48. The van der Waals surface area contributed by atoms with Gasteiger partial charge in [-0.3, -0.25) is 9.59 Å². The third-order valence-corrected chi connectivity index (χ3v) is 4.45. The zero-order chi connectivity index (χ0) is 16.9. The molecule has 6 heteroatoms. The average molecular weight is 363 g/mol. The van der Waals surface area contributed by atoms with Crippen molar-refractivity contribution in [1.29, 1.82) is 0 Å². The van der Waals surface area contributed by atoms with E-state index in [1.54, 1.807) is 24.3 Å². The van der Waals surface area contributed by atoms with E-state index >= 15 is 0 Å². The van der Waals surface area contributed by atoms with Gasteiger partial charge in [0.1, 0.15) is 0 Å². The molecule has 134 valence electrons. The molecular weight excluding hydrogens is 340 g/mol. The molecule has 1 fully saturated rings. The van der Waals surface area contributed by atoms with Gasteiger partial charge in [0, 0.05) is 24.1 Å². The van der Waals surface area contributed by atoms with Crippen LogP contribution in [0.1, 0.15) is 52.8 Å². The van der Waals surface area contributed by atoms with Gasteiger partial charge in [-0.2, -0.15) is 0 Å². The maximum Gasteiger partial charge on any atom is 0.214 e. The SMILES string of the molecule is CC(CN1CCCCC1)C(=O)c1cc(C(=O)c2ccccc2)no1.Cl. The molecule has 0 spiro atoms. The van der Waals surface area contributed by atoms with Crippen LogP contribution in [0.5, 0.6) is 0 Å². The molecular formula is C19H23ClN2O3. The van der Waals surface area contributed by atoms with E-state index in [1.165, 1.54) is 25.3 Å². The van der Waals surface area contributed by atoms with Crippen LogP contribution in [0.25, 0.3) is 0 Å². The van der Waals surface area contributed by atoms with E-state index in [2.05, 4.69) is 10.1 Å². The van der Waals surface area contributed by atoms with Crippen molar-refractivity contribution in [2.75, 3.05) is 19.6 Å². The van der Waals surface area contributed by atoms with Crippen molar-refractivity contribution in [2.45, 2.75) is 26.2 Å². The first-order chi connectivity index (χ1) is 11.6. The van der Waals surface area contributed by atoms with E-state index < -0.39 is 0 Å². The first-order valence-corrected chi connectivity index (χ1v) is 8.48. The van der Waals surface area contributed by atoms with Crippen LogP contribution in [0.4, 0.5) is 0 Å². The third kappa shape index (κ3) is 4.77. The fourth-order valence-electron chi connectivity index (χ4n) is 3.09. The molecule has 2 aromatic rings. The van der Waals surface area contributed by atoms with Gasteiger partial charge in [-0.05, 0) is 25.9 Å². The predicted molar refractivity (Wildman–Crippen MR) is 97.4 cm³/mol. The monoisotopic (exact) mass is 362 g/mol. The van der Waals surface area contributed by atoms with E-state index in [0.717, 1.165) is 19.6 Å². The van der Waals surface area contributed by atoms with Gasteiger partial charge in [-0.25, -0.2) is 0 Å². The van der Waals surface area contributed by atoms with E-state index in [9.17, 15) is 9.59 Å². The maximum atomic E-state index is 12.5. The Labute approximate surface area is 153 Å². The van der Waals surface area contributed by atoms with Crippen molar-refractivity contribution in [1.82, 2.24) is 10.1 Å². The molecule has 0 bridgehead atoms. The summed E-state index contributed by atoms with van der Waals surface area (Å²) in [5, 5.41) is 3.78. The highest BCUT2D eigenvalue weighted by Crippen LogP contribution is 2.17. The summed E-state index contributed by atoms with van der Waals surface area (Å²) >= 11 is 0. The Balaban J connectivity index is 0.00000225. The van der Waals surface area contributed by atoms with Gasteiger partial charge in [0.25, 0.3) is 0 Å². The Morgan fingerprint density at radius 2 is 1.84 bits per heavy atom. The number of halogens is 1. The molecule has 1 atom stereocenters. The number of ketones is 2. The van der Waals surface area contributed by atoms with Gasteiger partial charge in [-0.15, -0.1) is 12.4 Å². The maximum absolute atomic E-state index is 12.5. The normalized spacial score (nSPS) is 16.0. The number of rotatable bonds is 6. The van der Waals surface area contributed by atoms with E-state index in [1.807, 2.05) is 13.0 Å². The molecule has 1 aliphatic heterocycles. The summed E-state index contributed by atoms with van der Waals surface area (Å²) in [5.41, 5.74) is 0.709. The number of likely N-dealkylation sites (tertiary alicyclic amines) is 1.